The van der Waals surface area contributed by atoms with E-state index >= 15 is 0 Å². The largest absolute Gasteiger partial charge is 0.370 e. The summed E-state index contributed by atoms with van der Waals surface area (Å²) in [6, 6.07) is 12.5. The molecule has 1 N–H and O–H groups in total. The number of carbonyl (C=O) groups excluding carboxylic acids is 1. The predicted molar refractivity (Wildman–Crippen MR) is 107 cm³/mol. The van der Waals surface area contributed by atoms with Crippen LogP contribution in [0.25, 0.3) is 10.9 Å². The molecule has 2 aromatic carbocycles. The molecule has 3 aromatic rings. The molecule has 1 aliphatic rings. The van der Waals surface area contributed by atoms with Crippen molar-refractivity contribution in [3.05, 3.63) is 65.1 Å². The summed E-state index contributed by atoms with van der Waals surface area (Å²) in [5, 5.41) is 1.11. The van der Waals surface area contributed by atoms with E-state index in [1.54, 1.807) is 12.1 Å². The van der Waals surface area contributed by atoms with Gasteiger partial charge in [-0.25, -0.2) is 4.39 Å². The third-order valence-electron chi connectivity index (χ3n) is 5.53. The molecular formula is C22H24FN3O. The predicted octanol–water partition coefficient (Wildman–Crippen LogP) is 4.28. The monoisotopic (exact) mass is 365 g/mol. The minimum absolute atomic E-state index is 0.0797. The highest BCUT2D eigenvalue weighted by molar-refractivity contribution is 5.99. The van der Waals surface area contributed by atoms with Crippen LogP contribution in [0, 0.1) is 19.7 Å². The number of benzene rings is 2. The van der Waals surface area contributed by atoms with Gasteiger partial charge in [0.25, 0.3) is 5.91 Å². The fourth-order valence-corrected chi connectivity index (χ4v) is 3.81. The minimum Gasteiger partial charge on any atom is -0.370 e. The maximum atomic E-state index is 13.2. The summed E-state index contributed by atoms with van der Waals surface area (Å²) < 4.78 is 13.2. The molecule has 1 aliphatic heterocycles. The second-order valence-corrected chi connectivity index (χ2v) is 7.24. The molecule has 0 spiro atoms. The number of fused-ring (bicyclic) bond motifs is 1. The number of anilines is 1. The molecule has 140 valence electrons. The zero-order chi connectivity index (χ0) is 19.0. The Morgan fingerprint density at radius 3 is 2.56 bits per heavy atom. The van der Waals surface area contributed by atoms with Crippen LogP contribution in [0.4, 0.5) is 10.1 Å². The fourth-order valence-electron chi connectivity index (χ4n) is 3.81. The molecule has 27 heavy (non-hydrogen) atoms. The van der Waals surface area contributed by atoms with Crippen LogP contribution in [-0.4, -0.2) is 42.0 Å². The molecule has 1 amide bonds. The summed E-state index contributed by atoms with van der Waals surface area (Å²) in [5.74, 6) is -0.146. The van der Waals surface area contributed by atoms with Gasteiger partial charge in [0.15, 0.2) is 0 Å². The van der Waals surface area contributed by atoms with Crippen molar-refractivity contribution in [2.24, 2.45) is 0 Å². The highest BCUT2D eigenvalue weighted by Crippen LogP contribution is 2.24. The Hall–Kier alpha value is -2.82. The van der Waals surface area contributed by atoms with Crippen molar-refractivity contribution in [2.75, 3.05) is 31.1 Å². The molecular weight excluding hydrogens is 341 g/mol. The lowest BCUT2D eigenvalue weighted by Crippen LogP contribution is -2.35. The Bertz CT molecular complexity index is 977. The summed E-state index contributed by atoms with van der Waals surface area (Å²) in [7, 11) is 0. The van der Waals surface area contributed by atoms with Crippen molar-refractivity contribution in [1.29, 1.82) is 0 Å². The molecule has 0 unspecified atom stereocenters. The zero-order valence-corrected chi connectivity index (χ0v) is 15.8. The molecule has 0 radical (unpaired) electrons. The fraction of sp³-hybridized carbons (Fsp3) is 0.318. The second-order valence-electron chi connectivity index (χ2n) is 7.24. The van der Waals surface area contributed by atoms with Crippen LogP contribution in [0.3, 0.4) is 0 Å². The molecule has 4 nitrogen and oxygen atoms in total. The highest BCUT2D eigenvalue weighted by Gasteiger charge is 2.21. The van der Waals surface area contributed by atoms with Crippen LogP contribution in [0.15, 0.2) is 42.5 Å². The average Bonchev–Trinajstić information content (AvgIpc) is 2.85. The summed E-state index contributed by atoms with van der Waals surface area (Å²) in [6.07, 6.45) is 0.896. The topological polar surface area (TPSA) is 39.3 Å². The molecule has 0 aliphatic carbocycles. The third-order valence-corrected chi connectivity index (χ3v) is 5.53. The van der Waals surface area contributed by atoms with Crippen LogP contribution in [0.5, 0.6) is 0 Å². The molecule has 0 bridgehead atoms. The number of aromatic nitrogens is 1. The van der Waals surface area contributed by atoms with E-state index in [1.807, 2.05) is 23.1 Å². The molecule has 1 saturated heterocycles. The van der Waals surface area contributed by atoms with Crippen molar-refractivity contribution in [3.63, 3.8) is 0 Å². The number of nitrogens with one attached hydrogen (secondary N) is 1. The van der Waals surface area contributed by atoms with E-state index in [-0.39, 0.29) is 11.7 Å². The van der Waals surface area contributed by atoms with Gasteiger partial charge in [-0.15, -0.1) is 0 Å². The van der Waals surface area contributed by atoms with E-state index in [0.29, 0.717) is 6.54 Å². The smallest absolute Gasteiger partial charge is 0.253 e. The van der Waals surface area contributed by atoms with Gasteiger partial charge in [-0.2, -0.15) is 0 Å². The maximum absolute atomic E-state index is 13.2. The Morgan fingerprint density at radius 2 is 1.78 bits per heavy atom. The van der Waals surface area contributed by atoms with Crippen molar-refractivity contribution in [1.82, 2.24) is 9.88 Å². The van der Waals surface area contributed by atoms with Crippen LogP contribution in [0.1, 0.15) is 28.0 Å². The lowest BCUT2D eigenvalue weighted by molar-refractivity contribution is 0.0767. The number of halogens is 1. The van der Waals surface area contributed by atoms with Gasteiger partial charge in [0.1, 0.15) is 5.82 Å². The minimum atomic E-state index is -0.226. The average molecular weight is 365 g/mol. The first-order valence-electron chi connectivity index (χ1n) is 9.41. The first-order chi connectivity index (χ1) is 13.0. The van der Waals surface area contributed by atoms with E-state index in [2.05, 4.69) is 23.7 Å². The van der Waals surface area contributed by atoms with Crippen molar-refractivity contribution in [2.45, 2.75) is 20.3 Å². The number of rotatable bonds is 2. The normalized spacial score (nSPS) is 15.2. The van der Waals surface area contributed by atoms with Gasteiger partial charge in [-0.1, -0.05) is 0 Å². The summed E-state index contributed by atoms with van der Waals surface area (Å²) >= 11 is 0. The van der Waals surface area contributed by atoms with E-state index in [1.165, 1.54) is 17.7 Å². The Morgan fingerprint density at radius 1 is 1.00 bits per heavy atom. The Kier molecular flexibility index (Phi) is 4.60. The third kappa shape index (κ3) is 3.42. The lowest BCUT2D eigenvalue weighted by atomic mass is 10.1. The number of amides is 1. The van der Waals surface area contributed by atoms with Crippen molar-refractivity contribution < 1.29 is 9.18 Å². The molecule has 0 saturated carbocycles. The van der Waals surface area contributed by atoms with Crippen LogP contribution >= 0.6 is 0 Å². The molecule has 5 heteroatoms. The number of carbonyl (C=O) groups is 1. The SMILES string of the molecule is Cc1[nH]c2ccc(C(=O)N3CCCN(c4ccc(F)cc4)CC3)cc2c1C. The van der Waals surface area contributed by atoms with Crippen molar-refractivity contribution >= 4 is 22.5 Å². The van der Waals surface area contributed by atoms with Gasteiger partial charge in [0.2, 0.25) is 0 Å². The Labute approximate surface area is 158 Å². The standard InChI is InChI=1S/C22H24FN3O/c1-15-16(2)24-21-9-4-17(14-20(15)21)22(27)26-11-3-10-25(12-13-26)19-7-5-18(23)6-8-19/h4-9,14,24H,3,10-13H2,1-2H3. The van der Waals surface area contributed by atoms with E-state index in [4.69, 9.17) is 0 Å². The summed E-state index contributed by atoms with van der Waals surface area (Å²) in [5.41, 5.74) is 5.14. The maximum Gasteiger partial charge on any atom is 0.253 e. The van der Waals surface area contributed by atoms with Crippen LogP contribution < -0.4 is 4.90 Å². The van der Waals surface area contributed by atoms with Gasteiger partial charge >= 0.3 is 0 Å². The van der Waals surface area contributed by atoms with Gasteiger partial charge in [-0.05, 0) is 68.3 Å². The van der Waals surface area contributed by atoms with Crippen molar-refractivity contribution in [3.8, 4) is 0 Å². The van der Waals surface area contributed by atoms with Gasteiger partial charge in [0, 0.05) is 54.0 Å². The lowest BCUT2D eigenvalue weighted by Gasteiger charge is -2.23. The number of hydrogen-bond donors (Lipinski definition) is 1. The van der Waals surface area contributed by atoms with Gasteiger partial charge < -0.3 is 14.8 Å². The Balaban J connectivity index is 1.51. The molecule has 0 atom stereocenters. The van der Waals surface area contributed by atoms with Gasteiger partial charge in [-0.3, -0.25) is 4.79 Å². The quantitative estimate of drug-likeness (QED) is 0.736. The first-order valence-corrected chi connectivity index (χ1v) is 9.41. The molecule has 1 aromatic heterocycles. The summed E-state index contributed by atoms with van der Waals surface area (Å²) in [6.45, 7) is 7.15. The van der Waals surface area contributed by atoms with Crippen LogP contribution in [0.2, 0.25) is 0 Å². The van der Waals surface area contributed by atoms with Gasteiger partial charge in [0.05, 0.1) is 0 Å². The molecule has 4 rings (SSSR count). The zero-order valence-electron chi connectivity index (χ0n) is 15.8. The van der Waals surface area contributed by atoms with E-state index < -0.39 is 0 Å². The molecule has 1 fully saturated rings. The number of hydrogen-bond acceptors (Lipinski definition) is 2. The first kappa shape index (κ1) is 17.6. The number of H-pyrrole nitrogens is 1. The highest BCUT2D eigenvalue weighted by atomic mass is 19.1. The van der Waals surface area contributed by atoms with Crippen LogP contribution in [-0.2, 0) is 0 Å². The number of aryl methyl sites for hydroxylation is 2. The number of nitrogens with zero attached hydrogens (tertiary/aromatic N) is 2. The summed E-state index contributed by atoms with van der Waals surface area (Å²) in [4.78, 5) is 20.5. The molecule has 2 heterocycles. The van der Waals surface area contributed by atoms with E-state index in [9.17, 15) is 9.18 Å². The second kappa shape index (κ2) is 7.06. The van der Waals surface area contributed by atoms with E-state index in [0.717, 1.165) is 53.9 Å². The number of aromatic amines is 1.